The molecule has 0 saturated heterocycles. The lowest BCUT2D eigenvalue weighted by molar-refractivity contribution is 0.216. The highest BCUT2D eigenvalue weighted by Gasteiger charge is 2.06. The molecule has 1 N–H and O–H groups in total. The molecule has 0 heterocycles. The van der Waals surface area contributed by atoms with E-state index < -0.39 is 11.6 Å². The summed E-state index contributed by atoms with van der Waals surface area (Å²) in [6.45, 7) is 5.31. The Morgan fingerprint density at radius 2 is 1.87 bits per heavy atom. The maximum absolute atomic E-state index is 12.8. The summed E-state index contributed by atoms with van der Waals surface area (Å²) in [5, 5.41) is 3.08. The molecular formula is C11H15F2NO. The maximum atomic E-state index is 12.8. The van der Waals surface area contributed by atoms with Gasteiger partial charge >= 0.3 is 0 Å². The Morgan fingerprint density at radius 3 is 2.40 bits per heavy atom. The number of halogens is 2. The van der Waals surface area contributed by atoms with Gasteiger partial charge in [-0.15, -0.1) is 0 Å². The lowest BCUT2D eigenvalue weighted by Gasteiger charge is -2.14. The van der Waals surface area contributed by atoms with Crippen molar-refractivity contribution in [3.8, 4) is 5.75 Å². The average molecular weight is 215 g/mol. The van der Waals surface area contributed by atoms with E-state index in [0.717, 1.165) is 12.6 Å². The Hall–Kier alpha value is -1.16. The molecule has 0 radical (unpaired) electrons. The first-order valence-corrected chi connectivity index (χ1v) is 4.95. The molecule has 1 rings (SSSR count). The second kappa shape index (κ2) is 5.66. The van der Waals surface area contributed by atoms with Gasteiger partial charge in [0.2, 0.25) is 0 Å². The van der Waals surface area contributed by atoms with Gasteiger partial charge in [0.25, 0.3) is 0 Å². The monoisotopic (exact) mass is 215 g/mol. The van der Waals surface area contributed by atoms with Crippen LogP contribution < -0.4 is 10.1 Å². The SMILES string of the molecule is CCNCC(C)Oc1cc(F)cc(F)c1. The second-order valence-corrected chi connectivity index (χ2v) is 3.34. The van der Waals surface area contributed by atoms with Gasteiger partial charge in [-0.25, -0.2) is 8.78 Å². The summed E-state index contributed by atoms with van der Waals surface area (Å²) in [5.41, 5.74) is 0. The van der Waals surface area contributed by atoms with Crippen LogP contribution in [0.2, 0.25) is 0 Å². The van der Waals surface area contributed by atoms with Crippen molar-refractivity contribution >= 4 is 0 Å². The van der Waals surface area contributed by atoms with Crippen molar-refractivity contribution in [1.82, 2.24) is 5.32 Å². The summed E-state index contributed by atoms with van der Waals surface area (Å²) in [6.07, 6.45) is -0.119. The van der Waals surface area contributed by atoms with Crippen LogP contribution in [0.1, 0.15) is 13.8 Å². The molecule has 0 saturated carbocycles. The molecule has 2 nitrogen and oxygen atoms in total. The average Bonchev–Trinajstić information content (AvgIpc) is 2.13. The highest BCUT2D eigenvalue weighted by atomic mass is 19.1. The first-order chi connectivity index (χ1) is 7.11. The zero-order valence-electron chi connectivity index (χ0n) is 8.89. The summed E-state index contributed by atoms with van der Waals surface area (Å²) in [4.78, 5) is 0. The molecule has 0 fully saturated rings. The zero-order chi connectivity index (χ0) is 11.3. The molecule has 0 amide bonds. The van der Waals surface area contributed by atoms with Crippen molar-refractivity contribution in [3.05, 3.63) is 29.8 Å². The molecule has 0 aliphatic heterocycles. The maximum Gasteiger partial charge on any atom is 0.129 e. The van der Waals surface area contributed by atoms with Gasteiger partial charge in [0, 0.05) is 24.7 Å². The van der Waals surface area contributed by atoms with Gasteiger partial charge in [0.05, 0.1) is 0 Å². The van der Waals surface area contributed by atoms with Crippen molar-refractivity contribution in [2.75, 3.05) is 13.1 Å². The largest absolute Gasteiger partial charge is 0.489 e. The van der Waals surface area contributed by atoms with Crippen molar-refractivity contribution in [2.24, 2.45) is 0 Å². The van der Waals surface area contributed by atoms with Crippen LogP contribution in [-0.4, -0.2) is 19.2 Å². The molecule has 84 valence electrons. The summed E-state index contributed by atoms with van der Waals surface area (Å²) in [6, 6.07) is 3.17. The minimum atomic E-state index is -0.624. The van der Waals surface area contributed by atoms with Gasteiger partial charge in [0.1, 0.15) is 23.5 Å². The molecule has 15 heavy (non-hydrogen) atoms. The van der Waals surface area contributed by atoms with Gasteiger partial charge in [-0.3, -0.25) is 0 Å². The van der Waals surface area contributed by atoms with E-state index in [9.17, 15) is 8.78 Å². The first kappa shape index (κ1) is 11.9. The first-order valence-electron chi connectivity index (χ1n) is 4.95. The number of hydrogen-bond donors (Lipinski definition) is 1. The molecule has 1 aromatic carbocycles. The minimum Gasteiger partial charge on any atom is -0.489 e. The molecule has 1 aromatic rings. The lowest BCUT2D eigenvalue weighted by Crippen LogP contribution is -2.28. The van der Waals surface area contributed by atoms with Gasteiger partial charge in [-0.1, -0.05) is 6.92 Å². The Kier molecular flexibility index (Phi) is 4.49. The predicted octanol–water partition coefficient (Wildman–Crippen LogP) is 2.34. The van der Waals surface area contributed by atoms with E-state index in [-0.39, 0.29) is 11.9 Å². The van der Waals surface area contributed by atoms with Crippen molar-refractivity contribution in [1.29, 1.82) is 0 Å². The van der Waals surface area contributed by atoms with Crippen LogP contribution in [0, 0.1) is 11.6 Å². The van der Waals surface area contributed by atoms with E-state index in [1.165, 1.54) is 12.1 Å². The van der Waals surface area contributed by atoms with Crippen LogP contribution in [-0.2, 0) is 0 Å². The third-order valence-electron chi connectivity index (χ3n) is 1.86. The minimum absolute atomic E-state index is 0.119. The number of rotatable bonds is 5. The van der Waals surface area contributed by atoms with E-state index in [0.29, 0.717) is 6.54 Å². The van der Waals surface area contributed by atoms with Crippen LogP contribution in [0.3, 0.4) is 0 Å². The summed E-state index contributed by atoms with van der Waals surface area (Å²) >= 11 is 0. The van der Waals surface area contributed by atoms with Crippen LogP contribution in [0.25, 0.3) is 0 Å². The Balaban J connectivity index is 2.56. The summed E-state index contributed by atoms with van der Waals surface area (Å²) in [7, 11) is 0. The molecule has 0 aliphatic rings. The third kappa shape index (κ3) is 4.25. The fourth-order valence-electron chi connectivity index (χ4n) is 1.22. The zero-order valence-corrected chi connectivity index (χ0v) is 8.89. The number of nitrogens with one attached hydrogen (secondary N) is 1. The fraction of sp³-hybridized carbons (Fsp3) is 0.455. The quantitative estimate of drug-likeness (QED) is 0.814. The Bertz CT molecular complexity index is 297. The molecular weight excluding hydrogens is 200 g/mol. The second-order valence-electron chi connectivity index (χ2n) is 3.34. The van der Waals surface area contributed by atoms with E-state index in [2.05, 4.69) is 5.32 Å². The number of likely N-dealkylation sites (N-methyl/N-ethyl adjacent to an activating group) is 1. The molecule has 1 atom stereocenters. The van der Waals surface area contributed by atoms with Crippen LogP contribution in [0.4, 0.5) is 8.78 Å². The topological polar surface area (TPSA) is 21.3 Å². The third-order valence-corrected chi connectivity index (χ3v) is 1.86. The van der Waals surface area contributed by atoms with E-state index in [1.807, 2.05) is 13.8 Å². The van der Waals surface area contributed by atoms with E-state index in [4.69, 9.17) is 4.74 Å². The smallest absolute Gasteiger partial charge is 0.129 e. The van der Waals surface area contributed by atoms with Gasteiger partial charge in [0.15, 0.2) is 0 Å². The highest BCUT2D eigenvalue weighted by Crippen LogP contribution is 2.16. The van der Waals surface area contributed by atoms with Gasteiger partial charge in [-0.05, 0) is 13.5 Å². The molecule has 0 spiro atoms. The Labute approximate surface area is 88.3 Å². The molecule has 0 aliphatic carbocycles. The molecule has 0 bridgehead atoms. The number of hydrogen-bond acceptors (Lipinski definition) is 2. The number of benzene rings is 1. The summed E-state index contributed by atoms with van der Waals surface area (Å²) in [5.74, 6) is -1.03. The van der Waals surface area contributed by atoms with Crippen molar-refractivity contribution < 1.29 is 13.5 Å². The highest BCUT2D eigenvalue weighted by molar-refractivity contribution is 5.23. The van der Waals surface area contributed by atoms with Crippen molar-refractivity contribution in [2.45, 2.75) is 20.0 Å². The fourth-order valence-corrected chi connectivity index (χ4v) is 1.22. The number of ether oxygens (including phenoxy) is 1. The van der Waals surface area contributed by atoms with Gasteiger partial charge < -0.3 is 10.1 Å². The standard InChI is InChI=1S/C11H15F2NO/c1-3-14-7-8(2)15-11-5-9(12)4-10(13)6-11/h4-6,8,14H,3,7H2,1-2H3. The lowest BCUT2D eigenvalue weighted by atomic mass is 10.3. The van der Waals surface area contributed by atoms with E-state index in [1.54, 1.807) is 0 Å². The molecule has 1 unspecified atom stereocenters. The summed E-state index contributed by atoms with van der Waals surface area (Å²) < 4.78 is 30.9. The van der Waals surface area contributed by atoms with Crippen LogP contribution in [0.5, 0.6) is 5.75 Å². The normalized spacial score (nSPS) is 12.5. The van der Waals surface area contributed by atoms with Crippen LogP contribution in [0.15, 0.2) is 18.2 Å². The van der Waals surface area contributed by atoms with E-state index >= 15 is 0 Å². The van der Waals surface area contributed by atoms with Gasteiger partial charge in [-0.2, -0.15) is 0 Å². The molecule has 4 heteroatoms. The molecule has 0 aromatic heterocycles. The Morgan fingerprint density at radius 1 is 1.27 bits per heavy atom. The van der Waals surface area contributed by atoms with Crippen LogP contribution >= 0.6 is 0 Å². The van der Waals surface area contributed by atoms with Crippen molar-refractivity contribution in [3.63, 3.8) is 0 Å². The predicted molar refractivity (Wildman–Crippen MR) is 55.0 cm³/mol.